The zero-order chi connectivity index (χ0) is 17.1. The number of carbonyl (C=O) groups is 2. The summed E-state index contributed by atoms with van der Waals surface area (Å²) >= 11 is 1.54. The molecule has 1 aliphatic rings. The molecule has 0 aliphatic carbocycles. The van der Waals surface area contributed by atoms with Gasteiger partial charge >= 0.3 is 0 Å². The molecule has 0 spiro atoms. The van der Waals surface area contributed by atoms with Gasteiger partial charge in [0.25, 0.3) is 5.91 Å². The highest BCUT2D eigenvalue weighted by atomic mass is 32.2. The first kappa shape index (κ1) is 16.4. The van der Waals surface area contributed by atoms with Crippen molar-refractivity contribution in [2.75, 3.05) is 25.3 Å². The van der Waals surface area contributed by atoms with E-state index in [4.69, 9.17) is 9.47 Å². The largest absolute Gasteiger partial charge is 0.497 e. The fourth-order valence-electron chi connectivity index (χ4n) is 2.57. The minimum Gasteiger partial charge on any atom is -0.497 e. The lowest BCUT2D eigenvalue weighted by Crippen LogP contribution is -2.17. The van der Waals surface area contributed by atoms with Crippen LogP contribution in [0.5, 0.6) is 11.5 Å². The van der Waals surface area contributed by atoms with Gasteiger partial charge in [-0.05, 0) is 18.2 Å². The van der Waals surface area contributed by atoms with Crippen molar-refractivity contribution in [3.05, 3.63) is 47.5 Å². The highest BCUT2D eigenvalue weighted by Crippen LogP contribution is 2.34. The number of Topliss-reactive ketones (excluding diaryl/α,β-unsaturated/α-hetero) is 1. The van der Waals surface area contributed by atoms with Gasteiger partial charge in [0.15, 0.2) is 5.78 Å². The fourth-order valence-corrected chi connectivity index (χ4v) is 3.72. The smallest absolute Gasteiger partial charge is 0.256 e. The number of hydrogen-bond acceptors (Lipinski definition) is 5. The van der Waals surface area contributed by atoms with E-state index in [0.717, 1.165) is 4.90 Å². The van der Waals surface area contributed by atoms with Gasteiger partial charge < -0.3 is 14.8 Å². The lowest BCUT2D eigenvalue weighted by Gasteiger charge is -2.18. The first-order valence-corrected chi connectivity index (χ1v) is 8.45. The maximum Gasteiger partial charge on any atom is 0.256 e. The average molecular weight is 343 g/mol. The fraction of sp³-hybridized carbons (Fsp3) is 0.222. The molecule has 6 heteroatoms. The van der Waals surface area contributed by atoms with Crippen LogP contribution < -0.4 is 14.8 Å². The summed E-state index contributed by atoms with van der Waals surface area (Å²) in [6, 6.07) is 10.4. The van der Waals surface area contributed by atoms with Crippen molar-refractivity contribution in [1.29, 1.82) is 0 Å². The molecule has 1 heterocycles. The Balaban J connectivity index is 1.94. The molecule has 124 valence electrons. The van der Waals surface area contributed by atoms with Gasteiger partial charge in [-0.2, -0.15) is 0 Å². The van der Waals surface area contributed by atoms with Crippen molar-refractivity contribution in [2.24, 2.45) is 0 Å². The number of thioether (sulfide) groups is 1. The highest BCUT2D eigenvalue weighted by Gasteiger charge is 2.23. The number of anilines is 1. The van der Waals surface area contributed by atoms with Gasteiger partial charge in [0.05, 0.1) is 25.5 Å². The van der Waals surface area contributed by atoms with E-state index in [2.05, 4.69) is 5.32 Å². The van der Waals surface area contributed by atoms with Crippen LogP contribution in [0.3, 0.4) is 0 Å². The SMILES string of the molecule is COc1ccc(OC)c(NC(=O)c2cccc3c2SCCC3=O)c1. The Kier molecular flexibility index (Phi) is 4.76. The second-order valence-electron chi connectivity index (χ2n) is 5.22. The standard InChI is InChI=1S/C18H17NO4S/c1-22-11-6-7-16(23-2)14(10-11)19-18(21)13-5-3-4-12-15(20)8-9-24-17(12)13/h3-7,10H,8-9H2,1-2H3,(H,19,21). The number of amides is 1. The number of nitrogens with one attached hydrogen (secondary N) is 1. The van der Waals surface area contributed by atoms with Gasteiger partial charge in [0.1, 0.15) is 11.5 Å². The number of hydrogen-bond donors (Lipinski definition) is 1. The van der Waals surface area contributed by atoms with Gasteiger partial charge in [-0.25, -0.2) is 0 Å². The Labute approximate surface area is 144 Å². The minimum atomic E-state index is -0.277. The predicted octanol–water partition coefficient (Wildman–Crippen LogP) is 3.63. The summed E-state index contributed by atoms with van der Waals surface area (Å²) in [7, 11) is 3.10. The third kappa shape index (κ3) is 3.10. The van der Waals surface area contributed by atoms with Gasteiger partial charge in [0, 0.05) is 28.7 Å². The zero-order valence-electron chi connectivity index (χ0n) is 13.4. The van der Waals surface area contributed by atoms with Gasteiger partial charge in [-0.1, -0.05) is 12.1 Å². The van der Waals surface area contributed by atoms with Crippen molar-refractivity contribution < 1.29 is 19.1 Å². The Morgan fingerprint density at radius 2 is 2.00 bits per heavy atom. The molecule has 0 atom stereocenters. The van der Waals surface area contributed by atoms with Gasteiger partial charge in [-0.3, -0.25) is 9.59 Å². The number of methoxy groups -OCH3 is 2. The second kappa shape index (κ2) is 6.97. The third-order valence-electron chi connectivity index (χ3n) is 3.79. The van der Waals surface area contributed by atoms with E-state index in [0.29, 0.717) is 40.5 Å². The molecule has 0 radical (unpaired) electrons. The van der Waals surface area contributed by atoms with E-state index in [1.54, 1.807) is 43.5 Å². The van der Waals surface area contributed by atoms with Gasteiger partial charge in [-0.15, -0.1) is 11.8 Å². The van der Waals surface area contributed by atoms with Crippen LogP contribution in [0.25, 0.3) is 0 Å². The summed E-state index contributed by atoms with van der Waals surface area (Å²) in [6.07, 6.45) is 0.506. The number of carbonyl (C=O) groups excluding carboxylic acids is 2. The van der Waals surface area contributed by atoms with E-state index >= 15 is 0 Å². The van der Waals surface area contributed by atoms with Crippen molar-refractivity contribution in [3.63, 3.8) is 0 Å². The minimum absolute atomic E-state index is 0.0809. The van der Waals surface area contributed by atoms with Crippen LogP contribution in [0.2, 0.25) is 0 Å². The van der Waals surface area contributed by atoms with Crippen LogP contribution in [0.15, 0.2) is 41.3 Å². The molecule has 2 aromatic rings. The van der Waals surface area contributed by atoms with E-state index < -0.39 is 0 Å². The van der Waals surface area contributed by atoms with Gasteiger partial charge in [0.2, 0.25) is 0 Å². The topological polar surface area (TPSA) is 64.6 Å². The van der Waals surface area contributed by atoms with Crippen LogP contribution in [0.4, 0.5) is 5.69 Å². The summed E-state index contributed by atoms with van der Waals surface area (Å²) in [4.78, 5) is 25.5. The molecule has 1 N–H and O–H groups in total. The number of ether oxygens (including phenoxy) is 2. The van der Waals surface area contributed by atoms with Crippen molar-refractivity contribution in [1.82, 2.24) is 0 Å². The molecule has 2 aromatic carbocycles. The summed E-state index contributed by atoms with van der Waals surface area (Å²) < 4.78 is 10.5. The summed E-state index contributed by atoms with van der Waals surface area (Å²) in [6.45, 7) is 0. The summed E-state index contributed by atoms with van der Waals surface area (Å²) in [5, 5.41) is 2.85. The monoisotopic (exact) mass is 343 g/mol. The predicted molar refractivity (Wildman–Crippen MR) is 93.6 cm³/mol. The van der Waals surface area contributed by atoms with Crippen molar-refractivity contribution in [2.45, 2.75) is 11.3 Å². The number of fused-ring (bicyclic) bond motifs is 1. The lowest BCUT2D eigenvalue weighted by molar-refractivity contribution is 0.0984. The highest BCUT2D eigenvalue weighted by molar-refractivity contribution is 7.99. The molecule has 0 unspecified atom stereocenters. The quantitative estimate of drug-likeness (QED) is 0.918. The number of ketones is 1. The molecular weight excluding hydrogens is 326 g/mol. The molecule has 0 aromatic heterocycles. The maximum atomic E-state index is 12.7. The third-order valence-corrected chi connectivity index (χ3v) is 4.93. The van der Waals surface area contributed by atoms with Crippen molar-refractivity contribution >= 4 is 29.1 Å². The Hall–Kier alpha value is -2.47. The van der Waals surface area contributed by atoms with Crippen LogP contribution in [0, 0.1) is 0 Å². The zero-order valence-corrected chi connectivity index (χ0v) is 14.2. The molecular formula is C18H17NO4S. The lowest BCUT2D eigenvalue weighted by atomic mass is 10.0. The normalized spacial score (nSPS) is 13.2. The first-order chi connectivity index (χ1) is 11.6. The van der Waals surface area contributed by atoms with Crippen LogP contribution in [0.1, 0.15) is 27.1 Å². The Morgan fingerprint density at radius 1 is 1.17 bits per heavy atom. The summed E-state index contributed by atoms with van der Waals surface area (Å²) in [5.74, 6) is 1.65. The number of rotatable bonds is 4. The molecule has 1 amide bonds. The molecule has 0 saturated heterocycles. The molecule has 0 bridgehead atoms. The van der Waals surface area contributed by atoms with Crippen LogP contribution in [-0.2, 0) is 0 Å². The Bertz CT molecular complexity index is 804. The van der Waals surface area contributed by atoms with Crippen LogP contribution >= 0.6 is 11.8 Å². The molecule has 1 aliphatic heterocycles. The number of benzene rings is 2. The average Bonchev–Trinajstić information content (AvgIpc) is 2.61. The van der Waals surface area contributed by atoms with E-state index in [1.807, 2.05) is 0 Å². The van der Waals surface area contributed by atoms with Crippen LogP contribution in [-0.4, -0.2) is 31.7 Å². The molecule has 24 heavy (non-hydrogen) atoms. The van der Waals surface area contributed by atoms with E-state index in [1.165, 1.54) is 18.9 Å². The second-order valence-corrected chi connectivity index (χ2v) is 6.33. The van der Waals surface area contributed by atoms with E-state index in [9.17, 15) is 9.59 Å². The van der Waals surface area contributed by atoms with Crippen molar-refractivity contribution in [3.8, 4) is 11.5 Å². The molecule has 3 rings (SSSR count). The molecule has 0 fully saturated rings. The van der Waals surface area contributed by atoms with E-state index in [-0.39, 0.29) is 11.7 Å². The molecule has 0 saturated carbocycles. The summed E-state index contributed by atoms with van der Waals surface area (Å²) in [5.41, 5.74) is 1.64. The maximum absolute atomic E-state index is 12.7. The Morgan fingerprint density at radius 3 is 2.75 bits per heavy atom. The first-order valence-electron chi connectivity index (χ1n) is 7.46. The molecule has 5 nitrogen and oxygen atoms in total.